The van der Waals surface area contributed by atoms with Crippen LogP contribution in [0.15, 0.2) is 18.5 Å². The number of nitrogens with zero attached hydrogens (tertiary/aromatic N) is 2. The summed E-state index contributed by atoms with van der Waals surface area (Å²) in [5.74, 6) is 0. The Morgan fingerprint density at radius 1 is 1.56 bits per heavy atom. The van der Waals surface area contributed by atoms with Crippen molar-refractivity contribution in [2.75, 3.05) is 18.5 Å². The molecule has 0 aliphatic rings. The van der Waals surface area contributed by atoms with Gasteiger partial charge in [0.15, 0.2) is 0 Å². The molecule has 88 valence electrons. The van der Waals surface area contributed by atoms with Crippen molar-refractivity contribution in [3.05, 3.63) is 28.6 Å². The number of nitrogens with one attached hydrogen (secondary N) is 1. The molecule has 0 aliphatic carbocycles. The van der Waals surface area contributed by atoms with Gasteiger partial charge >= 0.3 is 5.69 Å². The number of hydrogen-bond donors (Lipinski definition) is 3. The second-order valence-electron chi connectivity index (χ2n) is 3.65. The lowest BCUT2D eigenvalue weighted by molar-refractivity contribution is -0.384. The van der Waals surface area contributed by atoms with Crippen LogP contribution in [-0.4, -0.2) is 38.9 Å². The zero-order valence-corrected chi connectivity index (χ0v) is 8.75. The quantitative estimate of drug-likeness (QED) is 0.488. The highest BCUT2D eigenvalue weighted by Crippen LogP contribution is 2.25. The van der Waals surface area contributed by atoms with Gasteiger partial charge in [0.25, 0.3) is 0 Å². The van der Waals surface area contributed by atoms with Crippen LogP contribution < -0.4 is 5.32 Å². The first-order valence-corrected chi connectivity index (χ1v) is 4.61. The zero-order chi connectivity index (χ0) is 12.2. The van der Waals surface area contributed by atoms with E-state index in [1.165, 1.54) is 12.3 Å². The molecule has 0 fully saturated rings. The molecule has 7 nitrogen and oxygen atoms in total. The number of anilines is 1. The zero-order valence-electron chi connectivity index (χ0n) is 8.75. The van der Waals surface area contributed by atoms with Crippen molar-refractivity contribution in [2.24, 2.45) is 0 Å². The van der Waals surface area contributed by atoms with Crippen LogP contribution in [0.4, 0.5) is 11.4 Å². The molecule has 7 heteroatoms. The van der Waals surface area contributed by atoms with E-state index in [2.05, 4.69) is 10.3 Å². The van der Waals surface area contributed by atoms with Gasteiger partial charge in [0.05, 0.1) is 23.7 Å². The minimum atomic E-state index is -1.01. The largest absolute Gasteiger partial charge is 0.394 e. The average molecular weight is 227 g/mol. The molecule has 1 aromatic heterocycles. The molecule has 0 saturated heterocycles. The lowest BCUT2D eigenvalue weighted by Crippen LogP contribution is -2.42. The first-order chi connectivity index (χ1) is 7.52. The maximum atomic E-state index is 10.7. The standard InChI is InChI=1S/C9H13N3O4/c1-9(5-13,6-14)11-7-2-3-10-4-8(7)12(15)16/h2-4,13-14H,5-6H2,1H3,(H,10,11). The van der Waals surface area contributed by atoms with E-state index in [1.807, 2.05) is 0 Å². The van der Waals surface area contributed by atoms with Crippen LogP contribution in [0.2, 0.25) is 0 Å². The molecule has 0 radical (unpaired) electrons. The summed E-state index contributed by atoms with van der Waals surface area (Å²) >= 11 is 0. The molecule has 0 unspecified atom stereocenters. The molecule has 0 bridgehead atoms. The van der Waals surface area contributed by atoms with Crippen LogP contribution in [0.1, 0.15) is 6.92 Å². The Bertz CT molecular complexity index is 379. The topological polar surface area (TPSA) is 109 Å². The van der Waals surface area contributed by atoms with Crippen molar-refractivity contribution in [1.82, 2.24) is 4.98 Å². The van der Waals surface area contributed by atoms with Crippen molar-refractivity contribution in [2.45, 2.75) is 12.5 Å². The van der Waals surface area contributed by atoms with Gasteiger partial charge in [0.2, 0.25) is 0 Å². The van der Waals surface area contributed by atoms with Gasteiger partial charge in [-0.2, -0.15) is 0 Å². The predicted molar refractivity (Wildman–Crippen MR) is 57.1 cm³/mol. The van der Waals surface area contributed by atoms with E-state index < -0.39 is 10.5 Å². The maximum absolute atomic E-state index is 10.7. The lowest BCUT2D eigenvalue weighted by atomic mass is 10.1. The molecule has 0 aliphatic heterocycles. The normalized spacial score (nSPS) is 11.2. The summed E-state index contributed by atoms with van der Waals surface area (Å²) in [5, 5.41) is 31.5. The fourth-order valence-corrected chi connectivity index (χ4v) is 1.09. The van der Waals surface area contributed by atoms with Crippen LogP contribution in [0.5, 0.6) is 0 Å². The maximum Gasteiger partial charge on any atom is 0.310 e. The van der Waals surface area contributed by atoms with Crippen LogP contribution in [0, 0.1) is 10.1 Å². The van der Waals surface area contributed by atoms with Crippen molar-refractivity contribution < 1.29 is 15.1 Å². The first kappa shape index (κ1) is 12.3. The summed E-state index contributed by atoms with van der Waals surface area (Å²) in [5.41, 5.74) is -0.993. The molecular formula is C9H13N3O4. The van der Waals surface area contributed by atoms with E-state index >= 15 is 0 Å². The van der Waals surface area contributed by atoms with Gasteiger partial charge in [0.1, 0.15) is 11.9 Å². The van der Waals surface area contributed by atoms with E-state index in [0.29, 0.717) is 0 Å². The Morgan fingerprint density at radius 3 is 2.69 bits per heavy atom. The summed E-state index contributed by atoms with van der Waals surface area (Å²) in [6.07, 6.45) is 2.50. The molecule has 1 aromatic rings. The number of aromatic nitrogens is 1. The minimum absolute atomic E-state index is 0.198. The highest BCUT2D eigenvalue weighted by Gasteiger charge is 2.25. The first-order valence-electron chi connectivity index (χ1n) is 4.61. The molecule has 0 aromatic carbocycles. The smallest absolute Gasteiger partial charge is 0.310 e. The van der Waals surface area contributed by atoms with Gasteiger partial charge in [0, 0.05) is 6.20 Å². The van der Waals surface area contributed by atoms with Crippen molar-refractivity contribution >= 4 is 11.4 Å². The van der Waals surface area contributed by atoms with Crippen molar-refractivity contribution in [1.29, 1.82) is 0 Å². The van der Waals surface area contributed by atoms with Crippen molar-refractivity contribution in [3.8, 4) is 0 Å². The van der Waals surface area contributed by atoms with Crippen LogP contribution in [-0.2, 0) is 0 Å². The van der Waals surface area contributed by atoms with Gasteiger partial charge < -0.3 is 15.5 Å². The molecule has 1 rings (SSSR count). The van der Waals surface area contributed by atoms with E-state index in [0.717, 1.165) is 6.20 Å². The van der Waals surface area contributed by atoms with Gasteiger partial charge in [-0.1, -0.05) is 0 Å². The van der Waals surface area contributed by atoms with Gasteiger partial charge in [-0.15, -0.1) is 0 Å². The second-order valence-corrected chi connectivity index (χ2v) is 3.65. The molecule has 0 atom stereocenters. The van der Waals surface area contributed by atoms with Crippen LogP contribution >= 0.6 is 0 Å². The highest BCUT2D eigenvalue weighted by atomic mass is 16.6. The third-order valence-corrected chi connectivity index (χ3v) is 2.13. The Hall–Kier alpha value is -1.73. The van der Waals surface area contributed by atoms with E-state index in [4.69, 9.17) is 10.2 Å². The molecule has 1 heterocycles. The summed E-state index contributed by atoms with van der Waals surface area (Å²) in [6, 6.07) is 1.42. The van der Waals surface area contributed by atoms with Gasteiger partial charge in [-0.05, 0) is 13.0 Å². The van der Waals surface area contributed by atoms with Gasteiger partial charge in [-0.25, -0.2) is 0 Å². The summed E-state index contributed by atoms with van der Waals surface area (Å²) < 4.78 is 0. The van der Waals surface area contributed by atoms with E-state index in [1.54, 1.807) is 6.92 Å². The van der Waals surface area contributed by atoms with E-state index in [-0.39, 0.29) is 24.6 Å². The van der Waals surface area contributed by atoms with Crippen LogP contribution in [0.3, 0.4) is 0 Å². The van der Waals surface area contributed by atoms with Crippen molar-refractivity contribution in [3.63, 3.8) is 0 Å². The number of pyridine rings is 1. The number of hydrogen-bond acceptors (Lipinski definition) is 6. The average Bonchev–Trinajstić information content (AvgIpc) is 2.29. The molecule has 3 N–H and O–H groups in total. The molecule has 0 amide bonds. The second kappa shape index (κ2) is 4.86. The summed E-state index contributed by atoms with van der Waals surface area (Å²) in [4.78, 5) is 13.7. The number of nitro groups is 1. The lowest BCUT2D eigenvalue weighted by Gasteiger charge is -2.27. The Kier molecular flexibility index (Phi) is 3.75. The number of aliphatic hydroxyl groups excluding tert-OH is 2. The SMILES string of the molecule is CC(CO)(CO)Nc1ccncc1[N+](=O)[O-]. The Labute approximate surface area is 91.9 Å². The summed E-state index contributed by atoms with van der Waals surface area (Å²) in [6.45, 7) is 0.864. The fraction of sp³-hybridized carbons (Fsp3) is 0.444. The number of aliphatic hydroxyl groups is 2. The van der Waals surface area contributed by atoms with Gasteiger partial charge in [-0.3, -0.25) is 15.1 Å². The van der Waals surface area contributed by atoms with E-state index in [9.17, 15) is 10.1 Å². The minimum Gasteiger partial charge on any atom is -0.394 e. The monoisotopic (exact) mass is 227 g/mol. The van der Waals surface area contributed by atoms with Crippen LogP contribution in [0.25, 0.3) is 0 Å². The molecule has 16 heavy (non-hydrogen) atoms. The molecular weight excluding hydrogens is 214 g/mol. The number of rotatable bonds is 5. The third-order valence-electron chi connectivity index (χ3n) is 2.13. The Morgan fingerprint density at radius 2 is 2.19 bits per heavy atom. The Balaban J connectivity index is 3.01. The molecule has 0 spiro atoms. The predicted octanol–water partition coefficient (Wildman–Crippen LogP) is 0.145. The fourth-order valence-electron chi connectivity index (χ4n) is 1.09. The summed E-state index contributed by atoms with van der Waals surface area (Å²) in [7, 11) is 0. The highest BCUT2D eigenvalue weighted by molar-refractivity contribution is 5.60. The third kappa shape index (κ3) is 2.65. The molecule has 0 saturated carbocycles.